The fraction of sp³-hybridized carbons (Fsp3) is 0.923. The molecular formula is C52H100N4O8. The maximum Gasteiger partial charge on any atom is 0.305 e. The molecule has 0 aromatic rings. The Kier molecular flexibility index (Phi) is 41.6. The van der Waals surface area contributed by atoms with Crippen LogP contribution in [0.25, 0.3) is 0 Å². The van der Waals surface area contributed by atoms with E-state index in [1.807, 2.05) is 0 Å². The first kappa shape index (κ1) is 59.7. The summed E-state index contributed by atoms with van der Waals surface area (Å²) in [4.78, 5) is 48.7. The monoisotopic (exact) mass is 909 g/mol. The standard InChI is InChI=1S/C52H100N4O8/c1-45-29-21-13-5-9-17-25-34-50(58)62-42-38-54-47(3)31-23-15-7-11-19-27-36-52(60)64-44-40-56-48(4)32-24-16-8-12-20-28-35-51(59)63-43-39-55-46(2)30-22-14-6-10-18-26-33-49(57)61-41-37-53-45/h45-48,53-56H,5-44H2,1-4H3. The Balaban J connectivity index is 2.26. The van der Waals surface area contributed by atoms with Crippen LogP contribution in [-0.2, 0) is 38.1 Å². The Morgan fingerprint density at radius 3 is 0.656 bits per heavy atom. The quantitative estimate of drug-likeness (QED) is 0.135. The summed E-state index contributed by atoms with van der Waals surface area (Å²) >= 11 is 0. The molecule has 0 amide bonds. The summed E-state index contributed by atoms with van der Waals surface area (Å²) in [6, 6.07) is 1.61. The van der Waals surface area contributed by atoms with E-state index in [2.05, 4.69) is 49.0 Å². The highest BCUT2D eigenvalue weighted by Gasteiger charge is 2.10. The van der Waals surface area contributed by atoms with Gasteiger partial charge in [0.2, 0.25) is 0 Å². The Hall–Kier alpha value is -2.28. The molecule has 0 aromatic carbocycles. The molecule has 376 valence electrons. The Morgan fingerprint density at radius 1 is 0.281 bits per heavy atom. The number of hydrogen-bond donors (Lipinski definition) is 4. The summed E-state index contributed by atoms with van der Waals surface area (Å²) < 4.78 is 21.8. The van der Waals surface area contributed by atoms with Crippen LogP contribution in [0.3, 0.4) is 0 Å². The molecule has 0 spiro atoms. The number of ether oxygens (including phenoxy) is 4. The minimum Gasteiger partial charge on any atom is -0.464 e. The molecule has 12 nitrogen and oxygen atoms in total. The van der Waals surface area contributed by atoms with Gasteiger partial charge in [-0.25, -0.2) is 0 Å². The molecule has 4 atom stereocenters. The van der Waals surface area contributed by atoms with Crippen molar-refractivity contribution in [2.24, 2.45) is 0 Å². The second kappa shape index (κ2) is 44.6. The third-order valence-electron chi connectivity index (χ3n) is 12.5. The van der Waals surface area contributed by atoms with Crippen LogP contribution in [0.15, 0.2) is 0 Å². The molecule has 1 fully saturated rings. The Bertz CT molecular complexity index is 945. The third-order valence-corrected chi connectivity index (χ3v) is 12.5. The number of esters is 4. The zero-order chi connectivity index (χ0) is 46.6. The largest absolute Gasteiger partial charge is 0.464 e. The van der Waals surface area contributed by atoms with Gasteiger partial charge in [0, 0.05) is 76.0 Å². The maximum absolute atomic E-state index is 12.2. The number of cyclic esters (lactones) is 4. The molecule has 12 heteroatoms. The fourth-order valence-electron chi connectivity index (χ4n) is 8.29. The molecule has 1 saturated heterocycles. The molecule has 0 saturated carbocycles. The minimum atomic E-state index is -0.0895. The lowest BCUT2D eigenvalue weighted by atomic mass is 10.1. The number of carbonyl (C=O) groups is 4. The average molecular weight is 909 g/mol. The topological polar surface area (TPSA) is 153 Å². The maximum atomic E-state index is 12.2. The molecule has 1 aliphatic heterocycles. The van der Waals surface area contributed by atoms with Gasteiger partial charge in [0.1, 0.15) is 26.4 Å². The molecule has 1 aliphatic rings. The Labute approximate surface area is 392 Å². The van der Waals surface area contributed by atoms with Crippen molar-refractivity contribution < 1.29 is 38.1 Å². The number of nitrogens with one attached hydrogen (secondary N) is 4. The molecule has 0 bridgehead atoms. The van der Waals surface area contributed by atoms with Crippen molar-refractivity contribution in [1.29, 1.82) is 0 Å². The van der Waals surface area contributed by atoms with Crippen molar-refractivity contribution >= 4 is 23.9 Å². The van der Waals surface area contributed by atoms with Gasteiger partial charge in [0.15, 0.2) is 0 Å². The van der Waals surface area contributed by atoms with Crippen molar-refractivity contribution in [2.45, 2.75) is 257 Å². The summed E-state index contributed by atoms with van der Waals surface area (Å²) in [7, 11) is 0. The van der Waals surface area contributed by atoms with Crippen molar-refractivity contribution in [2.75, 3.05) is 52.6 Å². The van der Waals surface area contributed by atoms with Gasteiger partial charge >= 0.3 is 23.9 Å². The van der Waals surface area contributed by atoms with Crippen LogP contribution in [0.4, 0.5) is 0 Å². The lowest BCUT2D eigenvalue weighted by Crippen LogP contribution is -2.30. The average Bonchev–Trinajstić information content (AvgIpc) is 3.27. The number of rotatable bonds is 0. The molecule has 1 rings (SSSR count). The van der Waals surface area contributed by atoms with Crippen LogP contribution in [0.1, 0.15) is 233 Å². The van der Waals surface area contributed by atoms with Crippen molar-refractivity contribution in [3.8, 4) is 0 Å². The smallest absolute Gasteiger partial charge is 0.305 e. The first-order valence-corrected chi connectivity index (χ1v) is 26.7. The SMILES string of the molecule is CC1CCCCCCCCC(=O)OCCNC(C)CCCCCCCCC(=O)OCCNC(C)CCCCCCCCC(=O)OCCNC(C)CCCCCCCCC(=O)OCCN1. The second-order valence-electron chi connectivity index (χ2n) is 18.9. The van der Waals surface area contributed by atoms with E-state index in [4.69, 9.17) is 18.9 Å². The van der Waals surface area contributed by atoms with Gasteiger partial charge in [0.05, 0.1) is 0 Å². The summed E-state index contributed by atoms with van der Waals surface area (Å²) in [6.07, 6.45) is 33.1. The highest BCUT2D eigenvalue weighted by atomic mass is 16.5. The van der Waals surface area contributed by atoms with E-state index in [0.717, 1.165) is 103 Å². The lowest BCUT2D eigenvalue weighted by Gasteiger charge is -2.14. The van der Waals surface area contributed by atoms with Crippen LogP contribution in [0.2, 0.25) is 0 Å². The molecular weight excluding hydrogens is 809 g/mol. The number of hydrogen-bond acceptors (Lipinski definition) is 12. The van der Waals surface area contributed by atoms with E-state index in [0.29, 0.717) is 102 Å². The van der Waals surface area contributed by atoms with Gasteiger partial charge < -0.3 is 40.2 Å². The highest BCUT2D eigenvalue weighted by Crippen LogP contribution is 2.14. The number of carbonyl (C=O) groups excluding carboxylic acids is 4. The van der Waals surface area contributed by atoms with E-state index in [-0.39, 0.29) is 23.9 Å². The van der Waals surface area contributed by atoms with E-state index in [1.165, 1.54) is 77.0 Å². The van der Waals surface area contributed by atoms with Crippen molar-refractivity contribution in [3.63, 3.8) is 0 Å². The van der Waals surface area contributed by atoms with Gasteiger partial charge in [0.25, 0.3) is 0 Å². The summed E-state index contributed by atoms with van der Waals surface area (Å²) in [6.45, 7) is 13.3. The Morgan fingerprint density at radius 2 is 0.453 bits per heavy atom. The van der Waals surface area contributed by atoms with Gasteiger partial charge in [-0.3, -0.25) is 19.2 Å². The van der Waals surface area contributed by atoms with Crippen LogP contribution in [0.5, 0.6) is 0 Å². The van der Waals surface area contributed by atoms with Crippen molar-refractivity contribution in [3.05, 3.63) is 0 Å². The highest BCUT2D eigenvalue weighted by molar-refractivity contribution is 5.70. The van der Waals surface area contributed by atoms with Gasteiger partial charge in [-0.1, -0.05) is 128 Å². The minimum absolute atomic E-state index is 0.0895. The summed E-state index contributed by atoms with van der Waals surface area (Å²) in [5.41, 5.74) is 0. The molecule has 0 aromatic heterocycles. The van der Waals surface area contributed by atoms with Crippen LogP contribution in [0, 0.1) is 0 Å². The van der Waals surface area contributed by atoms with Crippen LogP contribution < -0.4 is 21.3 Å². The normalized spacial score (nSPS) is 26.8. The predicted octanol–water partition coefficient (Wildman–Crippen LogP) is 10.6. The van der Waals surface area contributed by atoms with Crippen LogP contribution >= 0.6 is 0 Å². The second-order valence-corrected chi connectivity index (χ2v) is 18.9. The third kappa shape index (κ3) is 42.4. The van der Waals surface area contributed by atoms with E-state index < -0.39 is 0 Å². The van der Waals surface area contributed by atoms with E-state index in [9.17, 15) is 19.2 Å². The lowest BCUT2D eigenvalue weighted by molar-refractivity contribution is -0.144. The summed E-state index contributed by atoms with van der Waals surface area (Å²) in [5, 5.41) is 13.9. The molecule has 4 unspecified atom stereocenters. The van der Waals surface area contributed by atoms with Crippen LogP contribution in [-0.4, -0.2) is 101 Å². The molecule has 4 N–H and O–H groups in total. The molecule has 0 radical (unpaired) electrons. The zero-order valence-corrected chi connectivity index (χ0v) is 41.9. The summed E-state index contributed by atoms with van der Waals surface area (Å²) in [5.74, 6) is -0.358. The molecule has 0 aliphatic carbocycles. The van der Waals surface area contributed by atoms with E-state index in [1.54, 1.807) is 0 Å². The molecule has 64 heavy (non-hydrogen) atoms. The van der Waals surface area contributed by atoms with Gasteiger partial charge in [-0.05, 0) is 79.1 Å². The van der Waals surface area contributed by atoms with E-state index >= 15 is 0 Å². The first-order chi connectivity index (χ1) is 31.2. The van der Waals surface area contributed by atoms with Gasteiger partial charge in [-0.2, -0.15) is 0 Å². The fourth-order valence-corrected chi connectivity index (χ4v) is 8.29. The predicted molar refractivity (Wildman–Crippen MR) is 261 cm³/mol. The zero-order valence-electron chi connectivity index (χ0n) is 41.9. The molecule has 1 heterocycles. The van der Waals surface area contributed by atoms with Crippen molar-refractivity contribution in [1.82, 2.24) is 21.3 Å². The van der Waals surface area contributed by atoms with Gasteiger partial charge in [-0.15, -0.1) is 0 Å². The first-order valence-electron chi connectivity index (χ1n) is 26.7.